The molecule has 0 unspecified atom stereocenters. The van der Waals surface area contributed by atoms with Gasteiger partial charge < -0.3 is 4.42 Å². The van der Waals surface area contributed by atoms with Crippen molar-refractivity contribution in [3.8, 4) is 11.5 Å². The molecule has 1 aliphatic carbocycles. The third-order valence-corrected chi connectivity index (χ3v) is 4.42. The standard InChI is InChI=1S/C14H15BrN2O/c1-9-6-7-11(8-12(9)15)14-17-16-13(18-14)10-4-2-3-5-10/h6-8,10H,2-5H2,1H3. The predicted molar refractivity (Wildman–Crippen MR) is 73.4 cm³/mol. The van der Waals surface area contributed by atoms with E-state index in [1.165, 1.54) is 31.2 Å². The molecular formula is C14H15BrN2O. The molecule has 1 saturated carbocycles. The fraction of sp³-hybridized carbons (Fsp3) is 0.429. The fourth-order valence-electron chi connectivity index (χ4n) is 2.41. The molecule has 1 aromatic carbocycles. The molecular weight excluding hydrogens is 292 g/mol. The van der Waals surface area contributed by atoms with Crippen molar-refractivity contribution in [3.63, 3.8) is 0 Å². The summed E-state index contributed by atoms with van der Waals surface area (Å²) >= 11 is 3.53. The Kier molecular flexibility index (Phi) is 3.20. The maximum absolute atomic E-state index is 5.81. The van der Waals surface area contributed by atoms with E-state index in [1.807, 2.05) is 12.1 Å². The Labute approximate surface area is 115 Å². The minimum atomic E-state index is 0.472. The van der Waals surface area contributed by atoms with Crippen LogP contribution < -0.4 is 0 Å². The Bertz CT molecular complexity index is 559. The van der Waals surface area contributed by atoms with Crippen LogP contribution in [0.15, 0.2) is 27.1 Å². The molecule has 0 radical (unpaired) electrons. The largest absolute Gasteiger partial charge is 0.420 e. The van der Waals surface area contributed by atoms with Gasteiger partial charge in [0.1, 0.15) is 0 Å². The first-order chi connectivity index (χ1) is 8.74. The summed E-state index contributed by atoms with van der Waals surface area (Å²) in [6.07, 6.45) is 4.91. The lowest BCUT2D eigenvalue weighted by atomic mass is 10.1. The average Bonchev–Trinajstić information content (AvgIpc) is 3.01. The van der Waals surface area contributed by atoms with Crippen molar-refractivity contribution in [1.29, 1.82) is 0 Å². The van der Waals surface area contributed by atoms with E-state index in [4.69, 9.17) is 4.42 Å². The molecule has 94 valence electrons. The molecule has 3 nitrogen and oxygen atoms in total. The van der Waals surface area contributed by atoms with Gasteiger partial charge in [-0.2, -0.15) is 0 Å². The van der Waals surface area contributed by atoms with Crippen LogP contribution in [-0.4, -0.2) is 10.2 Å². The van der Waals surface area contributed by atoms with E-state index in [9.17, 15) is 0 Å². The van der Waals surface area contributed by atoms with Crippen LogP contribution in [0.3, 0.4) is 0 Å². The Morgan fingerprint density at radius 1 is 1.22 bits per heavy atom. The van der Waals surface area contributed by atoms with Gasteiger partial charge in [0.25, 0.3) is 0 Å². The summed E-state index contributed by atoms with van der Waals surface area (Å²) in [6, 6.07) is 6.10. The predicted octanol–water partition coefficient (Wildman–Crippen LogP) is 4.47. The van der Waals surface area contributed by atoms with Gasteiger partial charge in [-0.15, -0.1) is 10.2 Å². The third-order valence-electron chi connectivity index (χ3n) is 3.56. The minimum absolute atomic E-state index is 0.472. The average molecular weight is 307 g/mol. The Balaban J connectivity index is 1.89. The Morgan fingerprint density at radius 3 is 2.72 bits per heavy atom. The molecule has 0 saturated heterocycles. The lowest BCUT2D eigenvalue weighted by Crippen LogP contribution is -1.91. The van der Waals surface area contributed by atoms with E-state index < -0.39 is 0 Å². The van der Waals surface area contributed by atoms with E-state index >= 15 is 0 Å². The number of aryl methyl sites for hydroxylation is 1. The zero-order valence-corrected chi connectivity index (χ0v) is 11.9. The Morgan fingerprint density at radius 2 is 2.00 bits per heavy atom. The van der Waals surface area contributed by atoms with Gasteiger partial charge in [-0.25, -0.2) is 0 Å². The maximum atomic E-state index is 5.81. The van der Waals surface area contributed by atoms with Crippen molar-refractivity contribution < 1.29 is 4.42 Å². The Hall–Kier alpha value is -1.16. The first-order valence-corrected chi connectivity index (χ1v) is 7.13. The molecule has 4 heteroatoms. The summed E-state index contributed by atoms with van der Waals surface area (Å²) in [7, 11) is 0. The number of hydrogen-bond donors (Lipinski definition) is 0. The van der Waals surface area contributed by atoms with E-state index in [-0.39, 0.29) is 0 Å². The highest BCUT2D eigenvalue weighted by Crippen LogP contribution is 2.34. The number of nitrogens with zero attached hydrogens (tertiary/aromatic N) is 2. The second kappa shape index (κ2) is 4.84. The van der Waals surface area contributed by atoms with Crippen LogP contribution in [0, 0.1) is 6.92 Å². The highest BCUT2D eigenvalue weighted by Gasteiger charge is 2.23. The minimum Gasteiger partial charge on any atom is -0.420 e. The molecule has 0 amide bonds. The molecule has 2 aromatic rings. The van der Waals surface area contributed by atoms with E-state index in [1.54, 1.807) is 0 Å². The van der Waals surface area contributed by atoms with Crippen molar-refractivity contribution in [2.75, 3.05) is 0 Å². The fourth-order valence-corrected chi connectivity index (χ4v) is 2.79. The van der Waals surface area contributed by atoms with Crippen LogP contribution in [0.2, 0.25) is 0 Å². The van der Waals surface area contributed by atoms with Crippen molar-refractivity contribution in [2.24, 2.45) is 0 Å². The van der Waals surface area contributed by atoms with Crippen LogP contribution in [0.4, 0.5) is 0 Å². The van der Waals surface area contributed by atoms with Gasteiger partial charge in [-0.05, 0) is 37.5 Å². The molecule has 0 bridgehead atoms. The summed E-state index contributed by atoms with van der Waals surface area (Å²) in [5.41, 5.74) is 2.18. The molecule has 1 aromatic heterocycles. The van der Waals surface area contributed by atoms with Gasteiger partial charge in [0.2, 0.25) is 11.8 Å². The number of benzene rings is 1. The second-order valence-electron chi connectivity index (χ2n) is 4.89. The lowest BCUT2D eigenvalue weighted by Gasteiger charge is -2.01. The van der Waals surface area contributed by atoms with Gasteiger partial charge >= 0.3 is 0 Å². The first kappa shape index (κ1) is 11.9. The quantitative estimate of drug-likeness (QED) is 0.822. The van der Waals surface area contributed by atoms with Crippen molar-refractivity contribution in [1.82, 2.24) is 10.2 Å². The summed E-state index contributed by atoms with van der Waals surface area (Å²) in [6.45, 7) is 2.06. The van der Waals surface area contributed by atoms with Crippen LogP contribution in [0.5, 0.6) is 0 Å². The van der Waals surface area contributed by atoms with E-state index in [0.29, 0.717) is 11.8 Å². The van der Waals surface area contributed by atoms with Crippen LogP contribution in [0.25, 0.3) is 11.5 Å². The molecule has 1 heterocycles. The zero-order valence-electron chi connectivity index (χ0n) is 10.3. The first-order valence-electron chi connectivity index (χ1n) is 6.34. The summed E-state index contributed by atoms with van der Waals surface area (Å²) in [4.78, 5) is 0. The van der Waals surface area contributed by atoms with Crippen LogP contribution >= 0.6 is 15.9 Å². The van der Waals surface area contributed by atoms with E-state index in [0.717, 1.165) is 15.9 Å². The molecule has 1 aliphatic rings. The smallest absolute Gasteiger partial charge is 0.247 e. The van der Waals surface area contributed by atoms with Gasteiger partial charge in [0, 0.05) is 16.0 Å². The molecule has 0 N–H and O–H groups in total. The van der Waals surface area contributed by atoms with Gasteiger partial charge in [0.05, 0.1) is 0 Å². The number of hydrogen-bond acceptors (Lipinski definition) is 3. The summed E-state index contributed by atoms with van der Waals surface area (Å²) in [5, 5.41) is 8.36. The molecule has 0 atom stereocenters. The topological polar surface area (TPSA) is 38.9 Å². The van der Waals surface area contributed by atoms with E-state index in [2.05, 4.69) is 39.1 Å². The van der Waals surface area contributed by atoms with Gasteiger partial charge in [0.15, 0.2) is 0 Å². The number of rotatable bonds is 2. The number of halogens is 1. The normalized spacial score (nSPS) is 16.3. The summed E-state index contributed by atoms with van der Waals surface area (Å²) in [5.74, 6) is 1.90. The SMILES string of the molecule is Cc1ccc(-c2nnc(C3CCCC3)o2)cc1Br. The lowest BCUT2D eigenvalue weighted by molar-refractivity contribution is 0.457. The van der Waals surface area contributed by atoms with Crippen molar-refractivity contribution in [2.45, 2.75) is 38.5 Å². The monoisotopic (exact) mass is 306 g/mol. The van der Waals surface area contributed by atoms with Gasteiger partial charge in [-0.1, -0.05) is 34.8 Å². The second-order valence-corrected chi connectivity index (χ2v) is 5.75. The maximum Gasteiger partial charge on any atom is 0.247 e. The van der Waals surface area contributed by atoms with Gasteiger partial charge in [-0.3, -0.25) is 0 Å². The van der Waals surface area contributed by atoms with Crippen LogP contribution in [0.1, 0.15) is 43.1 Å². The number of aromatic nitrogens is 2. The molecule has 0 spiro atoms. The zero-order chi connectivity index (χ0) is 12.5. The third kappa shape index (κ3) is 2.21. The molecule has 18 heavy (non-hydrogen) atoms. The van der Waals surface area contributed by atoms with Crippen molar-refractivity contribution in [3.05, 3.63) is 34.1 Å². The highest BCUT2D eigenvalue weighted by atomic mass is 79.9. The van der Waals surface area contributed by atoms with Crippen LogP contribution in [-0.2, 0) is 0 Å². The highest BCUT2D eigenvalue weighted by molar-refractivity contribution is 9.10. The van der Waals surface area contributed by atoms with Crippen molar-refractivity contribution >= 4 is 15.9 Å². The molecule has 3 rings (SSSR count). The molecule has 0 aliphatic heterocycles. The summed E-state index contributed by atoms with van der Waals surface area (Å²) < 4.78 is 6.88. The molecule has 1 fully saturated rings.